The molecule has 2 aromatic rings. The average molecular weight is 255 g/mol. The van der Waals surface area contributed by atoms with Gasteiger partial charge in [-0.1, -0.05) is 17.7 Å². The topological polar surface area (TPSA) is 9.23 Å². The summed E-state index contributed by atoms with van der Waals surface area (Å²) in [6.45, 7) is 0.179. The summed E-state index contributed by atoms with van der Waals surface area (Å²) >= 11 is 5.72. The molecule has 0 heterocycles. The fourth-order valence-corrected chi connectivity index (χ4v) is 1.45. The zero-order valence-electron chi connectivity index (χ0n) is 8.79. The second kappa shape index (κ2) is 5.15. The van der Waals surface area contributed by atoms with E-state index in [1.807, 2.05) is 0 Å². The Kier molecular flexibility index (Phi) is 3.59. The lowest BCUT2D eigenvalue weighted by Gasteiger charge is -2.06. The van der Waals surface area contributed by atoms with Crippen molar-refractivity contribution in [3.05, 3.63) is 64.7 Å². The Morgan fingerprint density at radius 2 is 1.65 bits per heavy atom. The van der Waals surface area contributed by atoms with Crippen molar-refractivity contribution in [3.8, 4) is 5.75 Å². The summed E-state index contributed by atoms with van der Waals surface area (Å²) in [5.41, 5.74) is 0.568. The van der Waals surface area contributed by atoms with Crippen LogP contribution < -0.4 is 4.74 Å². The molecule has 0 amide bonds. The van der Waals surface area contributed by atoms with E-state index in [9.17, 15) is 8.78 Å². The molecule has 0 bridgehead atoms. The highest BCUT2D eigenvalue weighted by Gasteiger charge is 2.03. The van der Waals surface area contributed by atoms with Gasteiger partial charge in [0.1, 0.15) is 12.4 Å². The van der Waals surface area contributed by atoms with Crippen molar-refractivity contribution in [2.24, 2.45) is 0 Å². The summed E-state index contributed by atoms with van der Waals surface area (Å²) in [5, 5.41) is 0.616. The minimum atomic E-state index is -0.873. The van der Waals surface area contributed by atoms with Gasteiger partial charge in [-0.2, -0.15) is 0 Å². The van der Waals surface area contributed by atoms with Crippen LogP contribution in [-0.2, 0) is 6.61 Å². The van der Waals surface area contributed by atoms with E-state index in [0.717, 1.165) is 12.1 Å². The Morgan fingerprint density at radius 1 is 0.941 bits per heavy atom. The minimum absolute atomic E-state index is 0.179. The van der Waals surface area contributed by atoms with Crippen molar-refractivity contribution < 1.29 is 13.5 Å². The summed E-state index contributed by atoms with van der Waals surface area (Å²) in [6.07, 6.45) is 0. The number of benzene rings is 2. The average Bonchev–Trinajstić information content (AvgIpc) is 2.33. The summed E-state index contributed by atoms with van der Waals surface area (Å²) in [7, 11) is 0. The molecule has 2 rings (SSSR count). The molecular weight excluding hydrogens is 246 g/mol. The van der Waals surface area contributed by atoms with E-state index in [2.05, 4.69) is 0 Å². The molecule has 88 valence electrons. The van der Waals surface area contributed by atoms with Crippen LogP contribution in [0.1, 0.15) is 5.56 Å². The van der Waals surface area contributed by atoms with Gasteiger partial charge in [0, 0.05) is 5.02 Å². The maximum atomic E-state index is 12.9. The monoisotopic (exact) mass is 254 g/mol. The van der Waals surface area contributed by atoms with Gasteiger partial charge < -0.3 is 4.74 Å². The van der Waals surface area contributed by atoms with Gasteiger partial charge in [0.05, 0.1) is 0 Å². The van der Waals surface area contributed by atoms with Crippen molar-refractivity contribution in [1.82, 2.24) is 0 Å². The van der Waals surface area contributed by atoms with E-state index in [4.69, 9.17) is 16.3 Å². The molecular formula is C13H9ClF2O. The first-order valence-corrected chi connectivity index (χ1v) is 5.35. The van der Waals surface area contributed by atoms with Gasteiger partial charge in [-0.15, -0.1) is 0 Å². The van der Waals surface area contributed by atoms with E-state index in [1.165, 1.54) is 6.07 Å². The standard InChI is InChI=1S/C13H9ClF2O/c14-10-2-4-11(5-3-10)17-8-9-1-6-12(15)13(16)7-9/h1-7H,8H2. The molecule has 0 aliphatic heterocycles. The van der Waals surface area contributed by atoms with Crippen LogP contribution in [0.5, 0.6) is 5.75 Å². The lowest BCUT2D eigenvalue weighted by molar-refractivity contribution is 0.305. The first-order chi connectivity index (χ1) is 8.15. The molecule has 0 aliphatic carbocycles. The second-order valence-electron chi connectivity index (χ2n) is 3.49. The quantitative estimate of drug-likeness (QED) is 0.798. The van der Waals surface area contributed by atoms with Crippen LogP contribution in [0.4, 0.5) is 8.78 Å². The van der Waals surface area contributed by atoms with Gasteiger partial charge in [0.25, 0.3) is 0 Å². The normalized spacial score (nSPS) is 10.3. The minimum Gasteiger partial charge on any atom is -0.489 e. The van der Waals surface area contributed by atoms with Gasteiger partial charge in [-0.05, 0) is 42.0 Å². The molecule has 2 aromatic carbocycles. The van der Waals surface area contributed by atoms with Gasteiger partial charge in [-0.3, -0.25) is 0 Å². The van der Waals surface area contributed by atoms with Crippen LogP contribution in [0.15, 0.2) is 42.5 Å². The summed E-state index contributed by atoms with van der Waals surface area (Å²) in [5.74, 6) is -1.11. The van der Waals surface area contributed by atoms with Crippen molar-refractivity contribution in [2.45, 2.75) is 6.61 Å². The Morgan fingerprint density at radius 3 is 2.29 bits per heavy atom. The smallest absolute Gasteiger partial charge is 0.159 e. The summed E-state index contributed by atoms with van der Waals surface area (Å²) in [6, 6.07) is 10.5. The third-order valence-electron chi connectivity index (χ3n) is 2.20. The molecule has 0 spiro atoms. The molecule has 0 radical (unpaired) electrons. The Labute approximate surface area is 103 Å². The molecule has 0 unspecified atom stereocenters. The fraction of sp³-hybridized carbons (Fsp3) is 0.0769. The zero-order chi connectivity index (χ0) is 12.3. The molecule has 0 saturated heterocycles. The fourth-order valence-electron chi connectivity index (χ4n) is 1.33. The molecule has 0 fully saturated rings. The Hall–Kier alpha value is -1.61. The van der Waals surface area contributed by atoms with Crippen LogP contribution in [0.3, 0.4) is 0 Å². The molecule has 0 atom stereocenters. The number of rotatable bonds is 3. The van der Waals surface area contributed by atoms with Crippen molar-refractivity contribution in [1.29, 1.82) is 0 Å². The highest BCUT2D eigenvalue weighted by Crippen LogP contribution is 2.17. The predicted octanol–water partition coefficient (Wildman–Crippen LogP) is 4.20. The summed E-state index contributed by atoms with van der Waals surface area (Å²) in [4.78, 5) is 0. The van der Waals surface area contributed by atoms with Gasteiger partial charge in [-0.25, -0.2) is 8.78 Å². The molecule has 0 aliphatic rings. The van der Waals surface area contributed by atoms with Crippen molar-refractivity contribution in [2.75, 3.05) is 0 Å². The van der Waals surface area contributed by atoms with E-state index in [-0.39, 0.29) is 6.61 Å². The molecule has 0 aromatic heterocycles. The molecule has 0 saturated carbocycles. The van der Waals surface area contributed by atoms with Gasteiger partial charge >= 0.3 is 0 Å². The number of halogens is 3. The van der Waals surface area contributed by atoms with E-state index >= 15 is 0 Å². The molecule has 17 heavy (non-hydrogen) atoms. The number of hydrogen-bond acceptors (Lipinski definition) is 1. The van der Waals surface area contributed by atoms with E-state index < -0.39 is 11.6 Å². The third-order valence-corrected chi connectivity index (χ3v) is 2.46. The summed E-state index contributed by atoms with van der Waals surface area (Å²) < 4.78 is 31.0. The SMILES string of the molecule is Fc1ccc(COc2ccc(Cl)cc2)cc1F. The number of ether oxygens (including phenoxy) is 1. The maximum absolute atomic E-state index is 12.9. The Balaban J connectivity index is 2.02. The first kappa shape index (κ1) is 11.9. The lowest BCUT2D eigenvalue weighted by atomic mass is 10.2. The van der Waals surface area contributed by atoms with Crippen LogP contribution in [0.25, 0.3) is 0 Å². The third kappa shape index (κ3) is 3.17. The maximum Gasteiger partial charge on any atom is 0.159 e. The highest BCUT2D eigenvalue weighted by atomic mass is 35.5. The van der Waals surface area contributed by atoms with E-state index in [0.29, 0.717) is 16.3 Å². The molecule has 0 N–H and O–H groups in total. The highest BCUT2D eigenvalue weighted by molar-refractivity contribution is 6.30. The van der Waals surface area contributed by atoms with Crippen molar-refractivity contribution >= 4 is 11.6 Å². The van der Waals surface area contributed by atoms with Gasteiger partial charge in [0.15, 0.2) is 11.6 Å². The first-order valence-electron chi connectivity index (χ1n) is 4.97. The lowest BCUT2D eigenvalue weighted by Crippen LogP contribution is -1.96. The number of hydrogen-bond donors (Lipinski definition) is 0. The van der Waals surface area contributed by atoms with Crippen LogP contribution in [0, 0.1) is 11.6 Å². The predicted molar refractivity (Wildman–Crippen MR) is 62.1 cm³/mol. The van der Waals surface area contributed by atoms with Crippen molar-refractivity contribution in [3.63, 3.8) is 0 Å². The largest absolute Gasteiger partial charge is 0.489 e. The molecule has 4 heteroatoms. The van der Waals surface area contributed by atoms with Crippen LogP contribution >= 0.6 is 11.6 Å². The zero-order valence-corrected chi connectivity index (χ0v) is 9.55. The van der Waals surface area contributed by atoms with Crippen LogP contribution in [0.2, 0.25) is 5.02 Å². The van der Waals surface area contributed by atoms with Crippen LogP contribution in [-0.4, -0.2) is 0 Å². The van der Waals surface area contributed by atoms with Gasteiger partial charge in [0.2, 0.25) is 0 Å². The van der Waals surface area contributed by atoms with E-state index in [1.54, 1.807) is 24.3 Å². The second-order valence-corrected chi connectivity index (χ2v) is 3.93. The molecule has 1 nitrogen and oxygen atoms in total. The Bertz CT molecular complexity index is 511.